The van der Waals surface area contributed by atoms with E-state index in [-0.39, 0.29) is 5.91 Å². The van der Waals surface area contributed by atoms with Gasteiger partial charge in [-0.15, -0.1) is 0 Å². The molecule has 0 N–H and O–H groups in total. The van der Waals surface area contributed by atoms with Gasteiger partial charge in [-0.1, -0.05) is 18.6 Å². The number of para-hydroxylation sites is 2. The third kappa shape index (κ3) is 3.65. The lowest BCUT2D eigenvalue weighted by molar-refractivity contribution is -0.118. The molecule has 1 fully saturated rings. The maximum Gasteiger partial charge on any atom is 0.226 e. The van der Waals surface area contributed by atoms with E-state index in [4.69, 9.17) is 9.47 Å². The molecule has 120 valence electrons. The van der Waals surface area contributed by atoms with Gasteiger partial charge in [-0.2, -0.15) is 0 Å². The minimum absolute atomic E-state index is 0.209. The molecule has 2 aromatic carbocycles. The van der Waals surface area contributed by atoms with E-state index in [2.05, 4.69) is 0 Å². The van der Waals surface area contributed by atoms with Gasteiger partial charge < -0.3 is 14.4 Å². The molecule has 1 amide bonds. The Morgan fingerprint density at radius 1 is 0.913 bits per heavy atom. The van der Waals surface area contributed by atoms with Crippen molar-refractivity contribution in [1.82, 2.24) is 0 Å². The predicted octanol–water partition coefficient (Wildman–Crippen LogP) is 4.39. The number of rotatable bonds is 4. The van der Waals surface area contributed by atoms with Crippen LogP contribution in [0.5, 0.6) is 17.2 Å². The van der Waals surface area contributed by atoms with Crippen LogP contribution >= 0.6 is 0 Å². The summed E-state index contributed by atoms with van der Waals surface area (Å²) in [5.41, 5.74) is 0.935. The Morgan fingerprint density at radius 2 is 1.65 bits per heavy atom. The highest BCUT2D eigenvalue weighted by Crippen LogP contribution is 2.32. The average molecular weight is 311 g/mol. The average Bonchev–Trinajstić information content (AvgIpc) is 2.81. The molecular weight excluding hydrogens is 290 g/mol. The van der Waals surface area contributed by atoms with Gasteiger partial charge in [-0.3, -0.25) is 4.79 Å². The van der Waals surface area contributed by atoms with E-state index < -0.39 is 0 Å². The molecule has 4 heteroatoms. The van der Waals surface area contributed by atoms with Crippen LogP contribution in [0.15, 0.2) is 48.5 Å². The van der Waals surface area contributed by atoms with Crippen LogP contribution in [0.4, 0.5) is 5.69 Å². The summed E-state index contributed by atoms with van der Waals surface area (Å²) in [5, 5.41) is 0. The molecule has 0 aromatic heterocycles. The highest BCUT2D eigenvalue weighted by Gasteiger charge is 2.18. The number of ether oxygens (including phenoxy) is 2. The third-order valence-electron chi connectivity index (χ3n) is 4.02. The number of amides is 1. The van der Waals surface area contributed by atoms with E-state index in [1.54, 1.807) is 7.11 Å². The summed E-state index contributed by atoms with van der Waals surface area (Å²) in [5.74, 6) is 2.30. The second-order valence-corrected chi connectivity index (χ2v) is 5.60. The lowest BCUT2D eigenvalue weighted by Crippen LogP contribution is -2.29. The number of hydrogen-bond acceptors (Lipinski definition) is 3. The molecule has 0 unspecified atom stereocenters. The highest BCUT2D eigenvalue weighted by atomic mass is 16.5. The number of anilines is 1. The molecule has 0 aliphatic carbocycles. The lowest BCUT2D eigenvalue weighted by Gasteiger charge is -2.21. The van der Waals surface area contributed by atoms with Crippen molar-refractivity contribution < 1.29 is 14.3 Å². The summed E-state index contributed by atoms with van der Waals surface area (Å²) in [7, 11) is 1.62. The number of methoxy groups -OCH3 is 1. The fourth-order valence-corrected chi connectivity index (χ4v) is 2.78. The number of carbonyl (C=O) groups is 1. The first kappa shape index (κ1) is 15.4. The van der Waals surface area contributed by atoms with Gasteiger partial charge in [0.15, 0.2) is 11.5 Å². The minimum atomic E-state index is 0.209. The quantitative estimate of drug-likeness (QED) is 0.840. The predicted molar refractivity (Wildman–Crippen MR) is 90.3 cm³/mol. The molecule has 1 heterocycles. The SMILES string of the molecule is COc1ccccc1Oc1ccc(N2CCCCCC2=O)cc1. The summed E-state index contributed by atoms with van der Waals surface area (Å²) >= 11 is 0. The molecule has 23 heavy (non-hydrogen) atoms. The molecule has 1 aliphatic heterocycles. The van der Waals surface area contributed by atoms with Gasteiger partial charge in [0.1, 0.15) is 5.75 Å². The van der Waals surface area contributed by atoms with Crippen LogP contribution in [0.3, 0.4) is 0 Å². The zero-order valence-electron chi connectivity index (χ0n) is 13.3. The van der Waals surface area contributed by atoms with Gasteiger partial charge in [0.25, 0.3) is 0 Å². The van der Waals surface area contributed by atoms with Gasteiger partial charge in [0.2, 0.25) is 5.91 Å². The summed E-state index contributed by atoms with van der Waals surface area (Å²) in [6, 6.07) is 15.2. The monoisotopic (exact) mass is 311 g/mol. The fourth-order valence-electron chi connectivity index (χ4n) is 2.78. The Bertz CT molecular complexity index is 667. The number of benzene rings is 2. The summed E-state index contributed by atoms with van der Waals surface area (Å²) in [4.78, 5) is 14.0. The Kier molecular flexibility index (Phi) is 4.81. The van der Waals surface area contributed by atoms with Gasteiger partial charge in [0.05, 0.1) is 7.11 Å². The normalized spacial score (nSPS) is 15.2. The Morgan fingerprint density at radius 3 is 2.39 bits per heavy atom. The maximum atomic E-state index is 12.2. The highest BCUT2D eigenvalue weighted by molar-refractivity contribution is 5.93. The molecule has 0 saturated carbocycles. The Labute approximate surface area is 136 Å². The zero-order chi connectivity index (χ0) is 16.1. The van der Waals surface area contributed by atoms with Crippen LogP contribution in [-0.4, -0.2) is 19.6 Å². The van der Waals surface area contributed by atoms with Crippen molar-refractivity contribution in [2.24, 2.45) is 0 Å². The first-order chi connectivity index (χ1) is 11.3. The third-order valence-corrected chi connectivity index (χ3v) is 4.02. The van der Waals surface area contributed by atoms with E-state index in [1.165, 1.54) is 0 Å². The van der Waals surface area contributed by atoms with Crippen molar-refractivity contribution in [3.8, 4) is 17.2 Å². The zero-order valence-corrected chi connectivity index (χ0v) is 13.3. The van der Waals surface area contributed by atoms with Gasteiger partial charge in [0, 0.05) is 18.7 Å². The van der Waals surface area contributed by atoms with Crippen molar-refractivity contribution in [1.29, 1.82) is 0 Å². The van der Waals surface area contributed by atoms with Crippen molar-refractivity contribution >= 4 is 11.6 Å². The molecule has 1 saturated heterocycles. The maximum absolute atomic E-state index is 12.2. The van der Waals surface area contributed by atoms with Crippen LogP contribution in [0.1, 0.15) is 25.7 Å². The largest absolute Gasteiger partial charge is 0.493 e. The van der Waals surface area contributed by atoms with Crippen LogP contribution < -0.4 is 14.4 Å². The van der Waals surface area contributed by atoms with Crippen LogP contribution in [0.2, 0.25) is 0 Å². The summed E-state index contributed by atoms with van der Waals surface area (Å²) in [6.07, 6.45) is 3.81. The number of hydrogen-bond donors (Lipinski definition) is 0. The number of carbonyl (C=O) groups excluding carboxylic acids is 1. The molecule has 0 atom stereocenters. The fraction of sp³-hybridized carbons (Fsp3) is 0.316. The van der Waals surface area contributed by atoms with Crippen LogP contribution in [-0.2, 0) is 4.79 Å². The van der Waals surface area contributed by atoms with Gasteiger partial charge in [-0.25, -0.2) is 0 Å². The van der Waals surface area contributed by atoms with Crippen molar-refractivity contribution in [3.05, 3.63) is 48.5 Å². The topological polar surface area (TPSA) is 38.8 Å². The van der Waals surface area contributed by atoms with Gasteiger partial charge in [-0.05, 0) is 49.2 Å². The Hall–Kier alpha value is -2.49. The van der Waals surface area contributed by atoms with Crippen molar-refractivity contribution in [3.63, 3.8) is 0 Å². The molecule has 2 aromatic rings. The summed E-state index contributed by atoms with van der Waals surface area (Å²) in [6.45, 7) is 0.797. The molecule has 0 radical (unpaired) electrons. The second kappa shape index (κ2) is 7.18. The molecule has 0 bridgehead atoms. The van der Waals surface area contributed by atoms with E-state index in [0.29, 0.717) is 17.9 Å². The van der Waals surface area contributed by atoms with Crippen LogP contribution in [0.25, 0.3) is 0 Å². The second-order valence-electron chi connectivity index (χ2n) is 5.60. The Balaban J connectivity index is 1.75. The molecular formula is C19H21NO3. The lowest BCUT2D eigenvalue weighted by atomic mass is 10.2. The van der Waals surface area contributed by atoms with E-state index in [9.17, 15) is 4.79 Å². The van der Waals surface area contributed by atoms with E-state index >= 15 is 0 Å². The molecule has 1 aliphatic rings. The molecule has 4 nitrogen and oxygen atoms in total. The van der Waals surface area contributed by atoms with E-state index in [1.807, 2.05) is 53.4 Å². The number of nitrogens with zero attached hydrogens (tertiary/aromatic N) is 1. The van der Waals surface area contributed by atoms with Crippen molar-refractivity contribution in [2.75, 3.05) is 18.6 Å². The smallest absolute Gasteiger partial charge is 0.226 e. The molecule has 3 rings (SSSR count). The summed E-state index contributed by atoms with van der Waals surface area (Å²) < 4.78 is 11.2. The van der Waals surface area contributed by atoms with Gasteiger partial charge >= 0.3 is 0 Å². The van der Waals surface area contributed by atoms with E-state index in [0.717, 1.165) is 37.2 Å². The first-order valence-corrected chi connectivity index (χ1v) is 7.99. The standard InChI is InChI=1S/C19H21NO3/c1-22-17-7-4-5-8-18(17)23-16-12-10-15(11-13-16)20-14-6-2-3-9-19(20)21/h4-5,7-8,10-13H,2-3,6,9,14H2,1H3. The van der Waals surface area contributed by atoms with Crippen LogP contribution in [0, 0.1) is 0 Å². The minimum Gasteiger partial charge on any atom is -0.493 e. The van der Waals surface area contributed by atoms with Crippen molar-refractivity contribution in [2.45, 2.75) is 25.7 Å². The first-order valence-electron chi connectivity index (χ1n) is 7.99. The molecule has 0 spiro atoms.